The number of rotatable bonds is 6. The molecule has 2 amide bonds. The van der Waals surface area contributed by atoms with E-state index < -0.39 is 0 Å². The minimum absolute atomic E-state index is 0.0421. The highest BCUT2D eigenvalue weighted by molar-refractivity contribution is 5.96. The monoisotopic (exact) mass is 449 g/mol. The Labute approximate surface area is 197 Å². The summed E-state index contributed by atoms with van der Waals surface area (Å²) >= 11 is 0. The second-order valence-corrected chi connectivity index (χ2v) is 9.36. The smallest absolute Gasteiger partial charge is 0.254 e. The molecule has 2 aliphatic heterocycles. The molecule has 176 valence electrons. The summed E-state index contributed by atoms with van der Waals surface area (Å²) in [4.78, 5) is 32.2. The van der Waals surface area contributed by atoms with Crippen molar-refractivity contribution in [3.05, 3.63) is 65.2 Å². The molecule has 4 rings (SSSR count). The molecule has 6 nitrogen and oxygen atoms in total. The zero-order valence-electron chi connectivity index (χ0n) is 20.0. The largest absolute Gasteiger partial charge is 0.491 e. The summed E-state index contributed by atoms with van der Waals surface area (Å²) in [5.74, 6) is 0.892. The lowest BCUT2D eigenvalue weighted by atomic mass is 9.99. The van der Waals surface area contributed by atoms with Gasteiger partial charge < -0.3 is 14.5 Å². The number of piperazine rings is 1. The van der Waals surface area contributed by atoms with E-state index in [9.17, 15) is 9.59 Å². The molecule has 0 radical (unpaired) electrons. The highest BCUT2D eigenvalue weighted by Gasteiger charge is 2.34. The van der Waals surface area contributed by atoms with Crippen LogP contribution in [-0.2, 0) is 11.3 Å². The van der Waals surface area contributed by atoms with Gasteiger partial charge in [0.15, 0.2) is 0 Å². The van der Waals surface area contributed by atoms with Crippen molar-refractivity contribution in [1.29, 1.82) is 0 Å². The Morgan fingerprint density at radius 3 is 2.33 bits per heavy atom. The molecule has 0 spiro atoms. The highest BCUT2D eigenvalue weighted by Crippen LogP contribution is 2.30. The SMILES string of the molecule is CC(=O)N1CCN(C(=O)c2ccccc2CN2CCCC2)[C@@H](c2ccc(OC(C)C)cc2)C1. The van der Waals surface area contributed by atoms with Crippen molar-refractivity contribution >= 4 is 11.8 Å². The minimum Gasteiger partial charge on any atom is -0.491 e. The molecule has 33 heavy (non-hydrogen) atoms. The van der Waals surface area contributed by atoms with Crippen LogP contribution in [0.5, 0.6) is 5.75 Å². The van der Waals surface area contributed by atoms with Crippen molar-refractivity contribution in [2.45, 2.75) is 52.3 Å². The number of ether oxygens (including phenoxy) is 1. The van der Waals surface area contributed by atoms with Gasteiger partial charge in [0.1, 0.15) is 5.75 Å². The summed E-state index contributed by atoms with van der Waals surface area (Å²) < 4.78 is 5.79. The topological polar surface area (TPSA) is 53.1 Å². The van der Waals surface area contributed by atoms with E-state index in [1.807, 2.05) is 66.1 Å². The fourth-order valence-electron chi connectivity index (χ4n) is 4.84. The Kier molecular flexibility index (Phi) is 7.33. The van der Waals surface area contributed by atoms with Crippen molar-refractivity contribution in [3.8, 4) is 5.75 Å². The van der Waals surface area contributed by atoms with Gasteiger partial charge in [-0.3, -0.25) is 14.5 Å². The van der Waals surface area contributed by atoms with Crippen LogP contribution in [-0.4, -0.2) is 65.3 Å². The molecule has 2 saturated heterocycles. The Morgan fingerprint density at radius 1 is 0.970 bits per heavy atom. The molecule has 2 aromatic carbocycles. The van der Waals surface area contributed by atoms with E-state index in [-0.39, 0.29) is 24.0 Å². The Bertz CT molecular complexity index is 967. The summed E-state index contributed by atoms with van der Waals surface area (Å²) in [7, 11) is 0. The van der Waals surface area contributed by atoms with Crippen LogP contribution >= 0.6 is 0 Å². The quantitative estimate of drug-likeness (QED) is 0.666. The van der Waals surface area contributed by atoms with E-state index in [2.05, 4.69) is 11.0 Å². The van der Waals surface area contributed by atoms with Gasteiger partial charge in [-0.15, -0.1) is 0 Å². The molecule has 2 aliphatic rings. The maximum absolute atomic E-state index is 13.8. The molecular formula is C27H35N3O3. The third-order valence-corrected chi connectivity index (χ3v) is 6.56. The van der Waals surface area contributed by atoms with E-state index in [1.165, 1.54) is 12.8 Å². The zero-order chi connectivity index (χ0) is 23.4. The van der Waals surface area contributed by atoms with Crippen molar-refractivity contribution in [1.82, 2.24) is 14.7 Å². The molecule has 0 bridgehead atoms. The summed E-state index contributed by atoms with van der Waals surface area (Å²) in [6, 6.07) is 15.7. The van der Waals surface area contributed by atoms with Gasteiger partial charge >= 0.3 is 0 Å². The summed E-state index contributed by atoms with van der Waals surface area (Å²) in [6.07, 6.45) is 2.55. The standard InChI is InChI=1S/C27H35N3O3/c1-20(2)33-24-12-10-22(11-13-24)26-19-29(21(3)31)16-17-30(26)27(32)25-9-5-4-8-23(25)18-28-14-6-7-15-28/h4-5,8-13,20,26H,6-7,14-19H2,1-3H3/t26-/m1/s1. The van der Waals surface area contributed by atoms with Crippen molar-refractivity contribution in [2.24, 2.45) is 0 Å². The second kappa shape index (κ2) is 10.4. The number of likely N-dealkylation sites (tertiary alicyclic amines) is 1. The summed E-state index contributed by atoms with van der Waals surface area (Å²) in [5.41, 5.74) is 2.87. The van der Waals surface area contributed by atoms with Gasteiger partial charge in [-0.05, 0) is 69.1 Å². The number of hydrogen-bond donors (Lipinski definition) is 0. The van der Waals surface area contributed by atoms with E-state index in [4.69, 9.17) is 4.74 Å². The normalized spacial score (nSPS) is 19.2. The fourth-order valence-corrected chi connectivity index (χ4v) is 4.84. The number of carbonyl (C=O) groups is 2. The number of benzene rings is 2. The lowest BCUT2D eigenvalue weighted by molar-refractivity contribution is -0.131. The van der Waals surface area contributed by atoms with E-state index in [0.29, 0.717) is 19.6 Å². The predicted octanol–water partition coefficient (Wildman–Crippen LogP) is 4.12. The van der Waals surface area contributed by atoms with E-state index in [0.717, 1.165) is 42.1 Å². The zero-order valence-corrected chi connectivity index (χ0v) is 20.0. The van der Waals surface area contributed by atoms with Crippen LogP contribution in [0.3, 0.4) is 0 Å². The minimum atomic E-state index is -0.192. The van der Waals surface area contributed by atoms with Gasteiger partial charge in [-0.1, -0.05) is 30.3 Å². The predicted molar refractivity (Wildman–Crippen MR) is 129 cm³/mol. The van der Waals surface area contributed by atoms with Crippen LogP contribution < -0.4 is 4.74 Å². The van der Waals surface area contributed by atoms with Gasteiger partial charge in [0.25, 0.3) is 5.91 Å². The molecule has 0 saturated carbocycles. The Balaban J connectivity index is 1.60. The van der Waals surface area contributed by atoms with Gasteiger partial charge in [-0.2, -0.15) is 0 Å². The Morgan fingerprint density at radius 2 is 1.67 bits per heavy atom. The van der Waals surface area contributed by atoms with E-state index in [1.54, 1.807) is 6.92 Å². The first kappa shape index (κ1) is 23.3. The van der Waals surface area contributed by atoms with Gasteiger partial charge in [-0.25, -0.2) is 0 Å². The average Bonchev–Trinajstić information content (AvgIpc) is 3.32. The molecule has 0 unspecified atom stereocenters. The van der Waals surface area contributed by atoms with Gasteiger partial charge in [0.05, 0.1) is 12.1 Å². The number of nitrogens with zero attached hydrogens (tertiary/aromatic N) is 3. The third-order valence-electron chi connectivity index (χ3n) is 6.56. The number of amides is 2. The van der Waals surface area contributed by atoms with Gasteiger partial charge in [0, 0.05) is 38.7 Å². The lowest BCUT2D eigenvalue weighted by Gasteiger charge is -2.41. The number of hydrogen-bond acceptors (Lipinski definition) is 4. The molecule has 2 fully saturated rings. The van der Waals surface area contributed by atoms with Crippen LogP contribution in [0.15, 0.2) is 48.5 Å². The first-order valence-electron chi connectivity index (χ1n) is 12.1. The summed E-state index contributed by atoms with van der Waals surface area (Å²) in [5, 5.41) is 0. The lowest BCUT2D eigenvalue weighted by Crippen LogP contribution is -2.52. The van der Waals surface area contributed by atoms with Crippen LogP contribution in [0, 0.1) is 0 Å². The molecule has 0 aliphatic carbocycles. The number of carbonyl (C=O) groups excluding carboxylic acids is 2. The first-order valence-corrected chi connectivity index (χ1v) is 12.1. The molecule has 2 heterocycles. The van der Waals surface area contributed by atoms with E-state index >= 15 is 0 Å². The third kappa shape index (κ3) is 5.56. The van der Waals surface area contributed by atoms with Crippen molar-refractivity contribution in [3.63, 3.8) is 0 Å². The molecule has 0 N–H and O–H groups in total. The average molecular weight is 450 g/mol. The highest BCUT2D eigenvalue weighted by atomic mass is 16.5. The molecule has 1 atom stereocenters. The molecule has 6 heteroatoms. The second-order valence-electron chi connectivity index (χ2n) is 9.36. The van der Waals surface area contributed by atoms with Crippen LogP contribution in [0.1, 0.15) is 61.1 Å². The van der Waals surface area contributed by atoms with Gasteiger partial charge in [0.2, 0.25) is 5.91 Å². The fraction of sp³-hybridized carbons (Fsp3) is 0.481. The molecule has 2 aromatic rings. The van der Waals surface area contributed by atoms with Crippen LogP contribution in [0.4, 0.5) is 0 Å². The first-order chi connectivity index (χ1) is 15.9. The maximum atomic E-state index is 13.8. The van der Waals surface area contributed by atoms with Crippen molar-refractivity contribution in [2.75, 3.05) is 32.7 Å². The molecular weight excluding hydrogens is 414 g/mol. The maximum Gasteiger partial charge on any atom is 0.254 e. The Hall–Kier alpha value is -2.86. The molecule has 0 aromatic heterocycles. The summed E-state index contributed by atoms with van der Waals surface area (Å²) in [6.45, 7) is 10.2. The van der Waals surface area contributed by atoms with Crippen LogP contribution in [0.2, 0.25) is 0 Å². The van der Waals surface area contributed by atoms with Crippen molar-refractivity contribution < 1.29 is 14.3 Å². The van der Waals surface area contributed by atoms with Crippen LogP contribution in [0.25, 0.3) is 0 Å².